The maximum atomic E-state index is 2.67. The number of hydrogen-bond donors (Lipinski definition) is 0. The molecule has 0 bridgehead atoms. The summed E-state index contributed by atoms with van der Waals surface area (Å²) in [6.07, 6.45) is 16.3. The summed E-state index contributed by atoms with van der Waals surface area (Å²) >= 11 is 0. The van der Waals surface area contributed by atoms with E-state index < -0.39 is 0 Å². The molecule has 0 aromatic carbocycles. The van der Waals surface area contributed by atoms with Crippen molar-refractivity contribution >= 4 is 0 Å². The maximum Gasteiger partial charge on any atom is -0.0149 e. The fraction of sp³-hybridized carbons (Fsp3) is 0.920. The molecule has 144 valence electrons. The lowest BCUT2D eigenvalue weighted by Gasteiger charge is -2.56. The van der Waals surface area contributed by atoms with Gasteiger partial charge in [-0.15, -0.1) is 0 Å². The van der Waals surface area contributed by atoms with Gasteiger partial charge in [-0.25, -0.2) is 0 Å². The quantitative estimate of drug-likeness (QED) is 0.424. The highest BCUT2D eigenvalue weighted by Gasteiger charge is 2.56. The van der Waals surface area contributed by atoms with Crippen LogP contribution in [0.25, 0.3) is 0 Å². The topological polar surface area (TPSA) is 0 Å². The van der Waals surface area contributed by atoms with Gasteiger partial charge < -0.3 is 0 Å². The van der Waals surface area contributed by atoms with Crippen LogP contribution in [-0.2, 0) is 0 Å². The number of hydrogen-bond acceptors (Lipinski definition) is 0. The van der Waals surface area contributed by atoms with Gasteiger partial charge in [-0.3, -0.25) is 0 Å². The predicted molar refractivity (Wildman–Crippen MR) is 111 cm³/mol. The van der Waals surface area contributed by atoms with Crippen LogP contribution in [-0.4, -0.2) is 0 Å². The molecule has 0 radical (unpaired) electrons. The molecule has 8 atom stereocenters. The second-order valence-electron chi connectivity index (χ2n) is 10.1. The summed E-state index contributed by atoms with van der Waals surface area (Å²) in [6.45, 7) is 13.8. The van der Waals surface area contributed by atoms with Crippen molar-refractivity contribution in [2.75, 3.05) is 0 Å². The van der Waals surface area contributed by atoms with E-state index in [4.69, 9.17) is 0 Å². The van der Waals surface area contributed by atoms with Crippen LogP contribution in [0.15, 0.2) is 11.6 Å². The van der Waals surface area contributed by atoms with Crippen LogP contribution in [0.1, 0.15) is 99.3 Å². The third-order valence-corrected chi connectivity index (χ3v) is 9.22. The van der Waals surface area contributed by atoms with Crippen LogP contribution in [0.5, 0.6) is 0 Å². The Kier molecular flexibility index (Phi) is 6.06. The average Bonchev–Trinajstić information content (AvgIpc) is 2.99. The Balaban J connectivity index is 0.000000880. The zero-order valence-corrected chi connectivity index (χ0v) is 18.0. The molecule has 25 heavy (non-hydrogen) atoms. The minimum Gasteiger partial charge on any atom is -0.0884 e. The molecule has 4 aliphatic rings. The number of allylic oxidation sites excluding steroid dienone is 2. The van der Waals surface area contributed by atoms with Gasteiger partial charge in [-0.05, 0) is 112 Å². The number of rotatable bonds is 1. The summed E-state index contributed by atoms with van der Waals surface area (Å²) < 4.78 is 0. The maximum absolute atomic E-state index is 2.67. The van der Waals surface area contributed by atoms with Gasteiger partial charge in [0, 0.05) is 0 Å². The van der Waals surface area contributed by atoms with E-state index in [1.165, 1.54) is 25.7 Å². The van der Waals surface area contributed by atoms with E-state index in [9.17, 15) is 0 Å². The van der Waals surface area contributed by atoms with Crippen LogP contribution in [0.3, 0.4) is 0 Å². The first-order valence-corrected chi connectivity index (χ1v) is 11.7. The predicted octanol–water partition coefficient (Wildman–Crippen LogP) is 7.88. The van der Waals surface area contributed by atoms with E-state index in [0.29, 0.717) is 5.41 Å². The summed E-state index contributed by atoms with van der Waals surface area (Å²) in [5.41, 5.74) is 2.32. The lowest BCUT2D eigenvalue weighted by atomic mass is 9.49. The minimum atomic E-state index is 0.632. The van der Waals surface area contributed by atoms with Crippen molar-refractivity contribution < 1.29 is 0 Å². The zero-order valence-electron chi connectivity index (χ0n) is 18.0. The molecule has 0 heteroatoms. The molecule has 0 saturated heterocycles. The molecule has 4 saturated carbocycles. The SMILES string of the molecule is C/C=C(/C)C1CCC2C3CCC4CC(C)CCC4C3CCC12C.CC. The van der Waals surface area contributed by atoms with Gasteiger partial charge in [0.2, 0.25) is 0 Å². The van der Waals surface area contributed by atoms with E-state index in [0.717, 1.165) is 41.4 Å². The van der Waals surface area contributed by atoms with Crippen molar-refractivity contribution in [3.63, 3.8) is 0 Å². The molecule has 0 aromatic rings. The van der Waals surface area contributed by atoms with Gasteiger partial charge in [0.25, 0.3) is 0 Å². The van der Waals surface area contributed by atoms with Crippen molar-refractivity contribution in [2.45, 2.75) is 99.3 Å². The third-order valence-electron chi connectivity index (χ3n) is 9.22. The molecule has 8 unspecified atom stereocenters. The summed E-state index contributed by atoms with van der Waals surface area (Å²) in [5.74, 6) is 7.33. The van der Waals surface area contributed by atoms with Crippen LogP contribution in [0.2, 0.25) is 0 Å². The minimum absolute atomic E-state index is 0.632. The van der Waals surface area contributed by atoms with Gasteiger partial charge in [-0.1, -0.05) is 45.8 Å². The highest BCUT2D eigenvalue weighted by Crippen LogP contribution is 2.65. The van der Waals surface area contributed by atoms with E-state index in [1.807, 2.05) is 13.8 Å². The van der Waals surface area contributed by atoms with Gasteiger partial charge >= 0.3 is 0 Å². The first-order valence-electron chi connectivity index (χ1n) is 11.7. The second kappa shape index (κ2) is 7.77. The second-order valence-corrected chi connectivity index (χ2v) is 10.1. The van der Waals surface area contributed by atoms with Crippen LogP contribution in [0.4, 0.5) is 0 Å². The Morgan fingerprint density at radius 2 is 1.60 bits per heavy atom. The van der Waals surface area contributed by atoms with E-state index >= 15 is 0 Å². The molecule has 0 aliphatic heterocycles. The molecule has 4 rings (SSSR count). The smallest absolute Gasteiger partial charge is 0.0149 e. The molecular weight excluding hydrogens is 300 g/mol. The normalized spacial score (nSPS) is 49.4. The standard InChI is InChI=1S/C23H38.C2H6/c1-5-16(3)21-10-11-22-20-9-7-17-14-15(2)6-8-18(17)19(20)12-13-23(21,22)4;1-2/h5,15,17-22H,6-14H2,1-4H3;1-2H3/b16-5-;. The monoisotopic (exact) mass is 344 g/mol. The van der Waals surface area contributed by atoms with Gasteiger partial charge in [-0.2, -0.15) is 0 Å². The first kappa shape index (κ1) is 19.5. The van der Waals surface area contributed by atoms with E-state index in [2.05, 4.69) is 33.8 Å². The zero-order chi connectivity index (χ0) is 18.2. The fourth-order valence-corrected chi connectivity index (χ4v) is 8.04. The van der Waals surface area contributed by atoms with E-state index in [-0.39, 0.29) is 0 Å². The van der Waals surface area contributed by atoms with Gasteiger partial charge in [0.1, 0.15) is 0 Å². The molecule has 0 aromatic heterocycles. The van der Waals surface area contributed by atoms with Crippen molar-refractivity contribution in [1.29, 1.82) is 0 Å². The Bertz CT molecular complexity index is 474. The molecular formula is C25H44. The van der Waals surface area contributed by atoms with Crippen LogP contribution >= 0.6 is 0 Å². The highest BCUT2D eigenvalue weighted by atomic mass is 14.6. The van der Waals surface area contributed by atoms with Crippen LogP contribution < -0.4 is 0 Å². The molecule has 0 N–H and O–H groups in total. The molecule has 0 heterocycles. The molecule has 4 fully saturated rings. The summed E-state index contributed by atoms with van der Waals surface area (Å²) in [5, 5.41) is 0. The summed E-state index contributed by atoms with van der Waals surface area (Å²) in [7, 11) is 0. The van der Waals surface area contributed by atoms with Crippen molar-refractivity contribution in [2.24, 2.45) is 46.8 Å². The highest BCUT2D eigenvalue weighted by molar-refractivity contribution is 5.15. The Morgan fingerprint density at radius 1 is 0.880 bits per heavy atom. The Labute approximate surface area is 158 Å². The van der Waals surface area contributed by atoms with Gasteiger partial charge in [0.15, 0.2) is 0 Å². The molecule has 0 amide bonds. The summed E-state index contributed by atoms with van der Waals surface area (Å²) in [4.78, 5) is 0. The van der Waals surface area contributed by atoms with E-state index in [1.54, 1.807) is 37.7 Å². The van der Waals surface area contributed by atoms with Crippen molar-refractivity contribution in [3.8, 4) is 0 Å². The number of fused-ring (bicyclic) bond motifs is 5. The molecule has 0 spiro atoms. The summed E-state index contributed by atoms with van der Waals surface area (Å²) in [6, 6.07) is 0. The van der Waals surface area contributed by atoms with Gasteiger partial charge in [0.05, 0.1) is 0 Å². The lowest BCUT2D eigenvalue weighted by molar-refractivity contribution is -0.0633. The fourth-order valence-electron chi connectivity index (χ4n) is 8.04. The van der Waals surface area contributed by atoms with Crippen molar-refractivity contribution in [3.05, 3.63) is 11.6 Å². The largest absolute Gasteiger partial charge is 0.0884 e. The Hall–Kier alpha value is -0.260. The first-order chi connectivity index (χ1) is 12.0. The lowest BCUT2D eigenvalue weighted by Crippen LogP contribution is -2.48. The van der Waals surface area contributed by atoms with Crippen molar-refractivity contribution in [1.82, 2.24) is 0 Å². The Morgan fingerprint density at radius 3 is 2.32 bits per heavy atom. The molecule has 4 aliphatic carbocycles. The molecule has 0 nitrogen and oxygen atoms in total. The third kappa shape index (κ3) is 3.25. The van der Waals surface area contributed by atoms with Crippen LogP contribution in [0, 0.1) is 46.8 Å². The average molecular weight is 345 g/mol.